The normalized spacial score (nSPS) is 10.4. The second kappa shape index (κ2) is 8.84. The number of aromatic carboxylic acids is 1. The Hall–Kier alpha value is -2.66. The van der Waals surface area contributed by atoms with Crippen LogP contribution < -0.4 is 0 Å². The van der Waals surface area contributed by atoms with Crippen LogP contribution in [0.2, 0.25) is 0 Å². The lowest BCUT2D eigenvalue weighted by molar-refractivity contribution is 0.0496. The number of carbonyl (C=O) groups excluding carboxylic acids is 1. The molecule has 0 saturated heterocycles. The zero-order chi connectivity index (χ0) is 17.4. The van der Waals surface area contributed by atoms with Crippen molar-refractivity contribution in [2.45, 2.75) is 19.3 Å². The van der Waals surface area contributed by atoms with Gasteiger partial charge < -0.3 is 14.9 Å². The molecule has 0 heterocycles. The Kier molecular flexibility index (Phi) is 6.51. The van der Waals surface area contributed by atoms with Crippen LogP contribution in [0.1, 0.15) is 40.0 Å². The van der Waals surface area contributed by atoms with Gasteiger partial charge in [-0.25, -0.2) is 9.59 Å². The van der Waals surface area contributed by atoms with Crippen LogP contribution >= 0.6 is 0 Å². The summed E-state index contributed by atoms with van der Waals surface area (Å²) < 4.78 is 5.18. The summed E-state index contributed by atoms with van der Waals surface area (Å²) >= 11 is 0. The first-order chi connectivity index (χ1) is 11.6. The zero-order valence-electron chi connectivity index (χ0n) is 13.3. The third-order valence-corrected chi connectivity index (χ3v) is 3.62. The fourth-order valence-electron chi connectivity index (χ4n) is 2.24. The maximum absolute atomic E-state index is 11.9. The SMILES string of the molecule is O=C(O)c1ccc(-c2ccc(C(=O)OCCCCCO)cc2)cc1. The highest BCUT2D eigenvalue weighted by atomic mass is 16.5. The fourth-order valence-corrected chi connectivity index (χ4v) is 2.24. The van der Waals surface area contributed by atoms with E-state index in [1.54, 1.807) is 48.5 Å². The number of aliphatic hydroxyl groups is 1. The van der Waals surface area contributed by atoms with Gasteiger partial charge in [0, 0.05) is 6.61 Å². The Balaban J connectivity index is 1.94. The highest BCUT2D eigenvalue weighted by Gasteiger charge is 2.08. The molecule has 0 radical (unpaired) electrons. The van der Waals surface area contributed by atoms with Gasteiger partial charge in [-0.1, -0.05) is 24.3 Å². The number of carboxylic acid groups (broad SMARTS) is 1. The Bertz CT molecular complexity index is 674. The van der Waals surface area contributed by atoms with Crippen molar-refractivity contribution in [3.63, 3.8) is 0 Å². The van der Waals surface area contributed by atoms with E-state index in [9.17, 15) is 9.59 Å². The lowest BCUT2D eigenvalue weighted by Crippen LogP contribution is -2.06. The number of benzene rings is 2. The summed E-state index contributed by atoms with van der Waals surface area (Å²) in [5.74, 6) is -1.33. The van der Waals surface area contributed by atoms with E-state index in [0.29, 0.717) is 18.6 Å². The van der Waals surface area contributed by atoms with Gasteiger partial charge in [-0.3, -0.25) is 0 Å². The Morgan fingerprint density at radius 3 is 1.83 bits per heavy atom. The highest BCUT2D eigenvalue weighted by molar-refractivity contribution is 5.90. The second-order valence-electron chi connectivity index (χ2n) is 5.38. The predicted molar refractivity (Wildman–Crippen MR) is 90.1 cm³/mol. The molecule has 0 atom stereocenters. The molecule has 0 aliphatic rings. The first-order valence-corrected chi connectivity index (χ1v) is 7.83. The summed E-state index contributed by atoms with van der Waals surface area (Å²) in [6.07, 6.45) is 2.28. The van der Waals surface area contributed by atoms with Crippen LogP contribution in [0.3, 0.4) is 0 Å². The first-order valence-electron chi connectivity index (χ1n) is 7.83. The number of aliphatic hydroxyl groups excluding tert-OH is 1. The van der Waals surface area contributed by atoms with Gasteiger partial charge in [0.25, 0.3) is 0 Å². The Morgan fingerprint density at radius 1 is 0.792 bits per heavy atom. The zero-order valence-corrected chi connectivity index (χ0v) is 13.3. The monoisotopic (exact) mass is 328 g/mol. The molecule has 0 fully saturated rings. The van der Waals surface area contributed by atoms with Crippen LogP contribution in [0.5, 0.6) is 0 Å². The Morgan fingerprint density at radius 2 is 1.33 bits per heavy atom. The molecule has 5 nitrogen and oxygen atoms in total. The van der Waals surface area contributed by atoms with E-state index in [0.717, 1.165) is 24.0 Å². The molecule has 0 aliphatic heterocycles. The summed E-state index contributed by atoms with van der Waals surface area (Å²) in [6, 6.07) is 13.6. The molecule has 0 aliphatic carbocycles. The van der Waals surface area contributed by atoms with Crippen LogP contribution in [-0.2, 0) is 4.74 Å². The second-order valence-corrected chi connectivity index (χ2v) is 5.38. The number of esters is 1. The van der Waals surface area contributed by atoms with Crippen molar-refractivity contribution in [1.29, 1.82) is 0 Å². The summed E-state index contributed by atoms with van der Waals surface area (Å²) in [4.78, 5) is 22.8. The number of hydrogen-bond donors (Lipinski definition) is 2. The minimum absolute atomic E-state index is 0.156. The molecule has 2 aromatic carbocycles. The van der Waals surface area contributed by atoms with E-state index < -0.39 is 5.97 Å². The van der Waals surface area contributed by atoms with E-state index in [1.807, 2.05) is 0 Å². The van der Waals surface area contributed by atoms with E-state index in [4.69, 9.17) is 14.9 Å². The van der Waals surface area contributed by atoms with Crippen LogP contribution in [0.4, 0.5) is 0 Å². The third-order valence-electron chi connectivity index (χ3n) is 3.62. The molecule has 2 rings (SSSR count). The summed E-state index contributed by atoms with van der Waals surface area (Å²) in [5, 5.41) is 17.6. The molecule has 0 saturated carbocycles. The number of rotatable bonds is 8. The molecule has 0 unspecified atom stereocenters. The summed E-state index contributed by atoms with van der Waals surface area (Å²) in [7, 11) is 0. The van der Waals surface area contributed by atoms with E-state index in [2.05, 4.69) is 0 Å². The van der Waals surface area contributed by atoms with E-state index >= 15 is 0 Å². The first kappa shape index (κ1) is 17.7. The number of hydrogen-bond acceptors (Lipinski definition) is 4. The van der Waals surface area contributed by atoms with Gasteiger partial charge >= 0.3 is 11.9 Å². The van der Waals surface area contributed by atoms with Crippen LogP contribution in [0.25, 0.3) is 11.1 Å². The molecule has 24 heavy (non-hydrogen) atoms. The van der Waals surface area contributed by atoms with Crippen molar-refractivity contribution in [2.24, 2.45) is 0 Å². The maximum Gasteiger partial charge on any atom is 0.338 e. The van der Waals surface area contributed by atoms with E-state index in [-0.39, 0.29) is 18.1 Å². The van der Waals surface area contributed by atoms with Crippen molar-refractivity contribution in [1.82, 2.24) is 0 Å². The quantitative estimate of drug-likeness (QED) is 0.573. The number of carbonyl (C=O) groups is 2. The van der Waals surface area contributed by atoms with E-state index in [1.165, 1.54) is 0 Å². The average Bonchev–Trinajstić information content (AvgIpc) is 2.61. The predicted octanol–water partition coefficient (Wildman–Crippen LogP) is 3.37. The molecule has 2 aromatic rings. The van der Waals surface area contributed by atoms with Gasteiger partial charge in [0.05, 0.1) is 17.7 Å². The molecule has 126 valence electrons. The minimum atomic E-state index is -0.960. The number of carboxylic acids is 1. The van der Waals surface area contributed by atoms with Crippen molar-refractivity contribution >= 4 is 11.9 Å². The average molecular weight is 328 g/mol. The third kappa shape index (κ3) is 4.93. The van der Waals surface area contributed by atoms with Crippen LogP contribution in [-0.4, -0.2) is 35.4 Å². The number of ether oxygens (including phenoxy) is 1. The highest BCUT2D eigenvalue weighted by Crippen LogP contribution is 2.20. The van der Waals surface area contributed by atoms with Gasteiger partial charge in [0.1, 0.15) is 0 Å². The van der Waals surface area contributed by atoms with Crippen molar-refractivity contribution in [3.8, 4) is 11.1 Å². The maximum atomic E-state index is 11.9. The van der Waals surface area contributed by atoms with Gasteiger partial charge in [0.2, 0.25) is 0 Å². The van der Waals surface area contributed by atoms with Gasteiger partial charge in [-0.15, -0.1) is 0 Å². The largest absolute Gasteiger partial charge is 0.478 e. The smallest absolute Gasteiger partial charge is 0.338 e. The van der Waals surface area contributed by atoms with Gasteiger partial charge in [-0.05, 0) is 54.7 Å². The lowest BCUT2D eigenvalue weighted by Gasteiger charge is -2.06. The lowest BCUT2D eigenvalue weighted by atomic mass is 10.0. The molecule has 0 aromatic heterocycles. The van der Waals surface area contributed by atoms with Gasteiger partial charge in [-0.2, -0.15) is 0 Å². The summed E-state index contributed by atoms with van der Waals surface area (Å²) in [5.41, 5.74) is 2.48. The molecule has 0 amide bonds. The minimum Gasteiger partial charge on any atom is -0.478 e. The van der Waals surface area contributed by atoms with Gasteiger partial charge in [0.15, 0.2) is 0 Å². The molecule has 0 spiro atoms. The molecular formula is C19H20O5. The fraction of sp³-hybridized carbons (Fsp3) is 0.263. The van der Waals surface area contributed by atoms with Crippen molar-refractivity contribution in [3.05, 3.63) is 59.7 Å². The molecular weight excluding hydrogens is 308 g/mol. The van der Waals surface area contributed by atoms with Crippen molar-refractivity contribution < 1.29 is 24.5 Å². The standard InChI is InChI=1S/C19H20O5/c20-12-2-1-3-13-24-19(23)17-10-6-15(7-11-17)14-4-8-16(9-5-14)18(21)22/h4-11,20H,1-3,12-13H2,(H,21,22). The molecule has 0 bridgehead atoms. The van der Waals surface area contributed by atoms with Crippen LogP contribution in [0, 0.1) is 0 Å². The Labute approximate surface area is 140 Å². The molecule has 2 N–H and O–H groups in total. The topological polar surface area (TPSA) is 83.8 Å². The van der Waals surface area contributed by atoms with Crippen molar-refractivity contribution in [2.75, 3.05) is 13.2 Å². The number of unbranched alkanes of at least 4 members (excludes halogenated alkanes) is 2. The molecule has 5 heteroatoms. The summed E-state index contributed by atoms with van der Waals surface area (Å²) in [6.45, 7) is 0.500. The van der Waals surface area contributed by atoms with Crippen LogP contribution in [0.15, 0.2) is 48.5 Å².